The SMILES string of the molecule is Cc1c(-c2noc(C(C)(C)C)c2C(=O)O)cnn1C. The van der Waals surface area contributed by atoms with Crippen LogP contribution < -0.4 is 0 Å². The van der Waals surface area contributed by atoms with Gasteiger partial charge in [0.25, 0.3) is 0 Å². The van der Waals surface area contributed by atoms with Crippen molar-refractivity contribution in [3.05, 3.63) is 23.2 Å². The third-order valence-electron chi connectivity index (χ3n) is 3.08. The van der Waals surface area contributed by atoms with Gasteiger partial charge in [-0.1, -0.05) is 25.9 Å². The van der Waals surface area contributed by atoms with Crippen LogP contribution in [0.3, 0.4) is 0 Å². The molecule has 0 aliphatic carbocycles. The lowest BCUT2D eigenvalue weighted by Crippen LogP contribution is -2.15. The molecule has 0 unspecified atom stereocenters. The predicted octanol–water partition coefficient (Wildman–Crippen LogP) is 2.38. The molecule has 0 saturated heterocycles. The van der Waals surface area contributed by atoms with Crippen molar-refractivity contribution < 1.29 is 14.4 Å². The summed E-state index contributed by atoms with van der Waals surface area (Å²) in [5.41, 5.74) is 1.55. The van der Waals surface area contributed by atoms with E-state index in [2.05, 4.69) is 10.3 Å². The standard InChI is InChI=1S/C13H17N3O3/c1-7-8(6-14-16(7)5)10-9(12(17)18)11(19-15-10)13(2,3)4/h6H,1-5H3,(H,17,18). The average molecular weight is 263 g/mol. The maximum Gasteiger partial charge on any atom is 0.341 e. The van der Waals surface area contributed by atoms with Crippen LogP contribution in [0.4, 0.5) is 0 Å². The molecule has 2 rings (SSSR count). The number of hydrogen-bond acceptors (Lipinski definition) is 4. The van der Waals surface area contributed by atoms with E-state index in [9.17, 15) is 9.90 Å². The van der Waals surface area contributed by atoms with Crippen molar-refractivity contribution in [2.45, 2.75) is 33.1 Å². The molecule has 0 spiro atoms. The van der Waals surface area contributed by atoms with E-state index in [0.717, 1.165) is 5.69 Å². The lowest BCUT2D eigenvalue weighted by atomic mass is 9.89. The zero-order chi connectivity index (χ0) is 14.4. The second-order valence-corrected chi connectivity index (χ2v) is 5.56. The molecule has 2 heterocycles. The summed E-state index contributed by atoms with van der Waals surface area (Å²) >= 11 is 0. The van der Waals surface area contributed by atoms with Crippen molar-refractivity contribution in [3.8, 4) is 11.3 Å². The van der Waals surface area contributed by atoms with Gasteiger partial charge in [-0.3, -0.25) is 4.68 Å². The highest BCUT2D eigenvalue weighted by Gasteiger charge is 2.32. The zero-order valence-corrected chi connectivity index (χ0v) is 11.7. The summed E-state index contributed by atoms with van der Waals surface area (Å²) in [6.07, 6.45) is 1.60. The van der Waals surface area contributed by atoms with Crippen LogP contribution >= 0.6 is 0 Å². The van der Waals surface area contributed by atoms with Gasteiger partial charge < -0.3 is 9.63 Å². The molecule has 19 heavy (non-hydrogen) atoms. The number of aromatic nitrogens is 3. The number of hydrogen-bond donors (Lipinski definition) is 1. The molecule has 0 bridgehead atoms. The Bertz CT molecular complexity index is 632. The molecule has 6 nitrogen and oxygen atoms in total. The van der Waals surface area contributed by atoms with E-state index >= 15 is 0 Å². The third-order valence-corrected chi connectivity index (χ3v) is 3.08. The highest BCUT2D eigenvalue weighted by Crippen LogP contribution is 2.33. The smallest absolute Gasteiger partial charge is 0.341 e. The fourth-order valence-corrected chi connectivity index (χ4v) is 1.92. The first kappa shape index (κ1) is 13.3. The second-order valence-electron chi connectivity index (χ2n) is 5.56. The van der Waals surface area contributed by atoms with E-state index < -0.39 is 11.4 Å². The molecule has 0 radical (unpaired) electrons. The molecule has 0 saturated carbocycles. The number of carbonyl (C=O) groups is 1. The predicted molar refractivity (Wildman–Crippen MR) is 69.1 cm³/mol. The van der Waals surface area contributed by atoms with E-state index in [1.165, 1.54) is 0 Å². The fraction of sp³-hybridized carbons (Fsp3) is 0.462. The van der Waals surface area contributed by atoms with Gasteiger partial charge in [0.05, 0.1) is 6.20 Å². The summed E-state index contributed by atoms with van der Waals surface area (Å²) in [4.78, 5) is 11.5. The van der Waals surface area contributed by atoms with Crippen molar-refractivity contribution in [2.75, 3.05) is 0 Å². The van der Waals surface area contributed by atoms with Gasteiger partial charge in [-0.05, 0) is 6.92 Å². The molecule has 2 aromatic heterocycles. The van der Waals surface area contributed by atoms with E-state index in [-0.39, 0.29) is 5.56 Å². The van der Waals surface area contributed by atoms with Crippen LogP contribution in [0.2, 0.25) is 0 Å². The highest BCUT2D eigenvalue weighted by molar-refractivity contribution is 5.96. The molecule has 0 atom stereocenters. The van der Waals surface area contributed by atoms with Gasteiger partial charge in [-0.25, -0.2) is 4.79 Å². The van der Waals surface area contributed by atoms with Crippen molar-refractivity contribution in [1.82, 2.24) is 14.9 Å². The van der Waals surface area contributed by atoms with Gasteiger partial charge in [-0.2, -0.15) is 5.10 Å². The van der Waals surface area contributed by atoms with Gasteiger partial charge in [0.2, 0.25) is 0 Å². The quantitative estimate of drug-likeness (QED) is 0.899. The Hall–Kier alpha value is -2.11. The molecule has 102 valence electrons. The second kappa shape index (κ2) is 4.22. The van der Waals surface area contributed by atoms with E-state index in [1.54, 1.807) is 17.9 Å². The molecule has 2 aromatic rings. The summed E-state index contributed by atoms with van der Waals surface area (Å²) in [5.74, 6) is -0.664. The minimum atomic E-state index is -1.04. The number of rotatable bonds is 2. The van der Waals surface area contributed by atoms with Gasteiger partial charge >= 0.3 is 5.97 Å². The minimum Gasteiger partial charge on any atom is -0.477 e. The Morgan fingerprint density at radius 2 is 2.05 bits per heavy atom. The Labute approximate surface area is 111 Å². The van der Waals surface area contributed by atoms with Gasteiger partial charge in [-0.15, -0.1) is 0 Å². The largest absolute Gasteiger partial charge is 0.477 e. The molecule has 0 fully saturated rings. The van der Waals surface area contributed by atoms with Crippen LogP contribution in [-0.2, 0) is 12.5 Å². The highest BCUT2D eigenvalue weighted by atomic mass is 16.5. The summed E-state index contributed by atoms with van der Waals surface area (Å²) < 4.78 is 6.95. The summed E-state index contributed by atoms with van der Waals surface area (Å²) in [7, 11) is 1.80. The van der Waals surface area contributed by atoms with Crippen LogP contribution in [-0.4, -0.2) is 26.0 Å². The van der Waals surface area contributed by atoms with E-state index in [1.807, 2.05) is 27.7 Å². The number of aromatic carboxylic acids is 1. The molecule has 0 aliphatic rings. The number of aryl methyl sites for hydroxylation is 1. The number of carboxylic acids is 1. The molecular formula is C13H17N3O3. The molecule has 6 heteroatoms. The lowest BCUT2D eigenvalue weighted by molar-refractivity contribution is 0.0693. The van der Waals surface area contributed by atoms with Crippen molar-refractivity contribution in [3.63, 3.8) is 0 Å². The average Bonchev–Trinajstić information content (AvgIpc) is 2.83. The topological polar surface area (TPSA) is 81.2 Å². The first-order valence-corrected chi connectivity index (χ1v) is 5.96. The van der Waals surface area contributed by atoms with Crippen LogP contribution in [0.25, 0.3) is 11.3 Å². The van der Waals surface area contributed by atoms with Crippen LogP contribution in [0.5, 0.6) is 0 Å². The van der Waals surface area contributed by atoms with Crippen molar-refractivity contribution in [2.24, 2.45) is 7.05 Å². The molecular weight excluding hydrogens is 246 g/mol. The molecule has 0 aliphatic heterocycles. The van der Waals surface area contributed by atoms with Crippen LogP contribution in [0.15, 0.2) is 10.7 Å². The molecule has 0 aromatic carbocycles. The Morgan fingerprint density at radius 3 is 2.47 bits per heavy atom. The molecule has 1 N–H and O–H groups in total. The van der Waals surface area contributed by atoms with Gasteiger partial charge in [0.15, 0.2) is 5.76 Å². The first-order valence-electron chi connectivity index (χ1n) is 5.96. The number of carboxylic acid groups (broad SMARTS) is 1. The van der Waals surface area contributed by atoms with E-state index in [4.69, 9.17) is 4.52 Å². The van der Waals surface area contributed by atoms with Gasteiger partial charge in [0.1, 0.15) is 11.3 Å². The monoisotopic (exact) mass is 263 g/mol. The Balaban J connectivity index is 2.69. The Morgan fingerprint density at radius 1 is 1.42 bits per heavy atom. The fourth-order valence-electron chi connectivity index (χ4n) is 1.92. The van der Waals surface area contributed by atoms with Crippen LogP contribution in [0.1, 0.15) is 42.6 Å². The lowest BCUT2D eigenvalue weighted by Gasteiger charge is -2.14. The summed E-state index contributed by atoms with van der Waals surface area (Å²) in [6, 6.07) is 0. The van der Waals surface area contributed by atoms with Crippen LogP contribution in [0, 0.1) is 6.92 Å². The summed E-state index contributed by atoms with van der Waals surface area (Å²) in [5, 5.41) is 17.5. The minimum absolute atomic E-state index is 0.114. The Kier molecular flexibility index (Phi) is 2.96. The third kappa shape index (κ3) is 2.14. The maximum atomic E-state index is 11.5. The number of nitrogens with zero attached hydrogens (tertiary/aromatic N) is 3. The summed E-state index contributed by atoms with van der Waals surface area (Å²) in [6.45, 7) is 7.53. The maximum absolute atomic E-state index is 11.5. The van der Waals surface area contributed by atoms with Gasteiger partial charge in [0, 0.05) is 23.7 Å². The van der Waals surface area contributed by atoms with Crippen molar-refractivity contribution >= 4 is 5.97 Å². The van der Waals surface area contributed by atoms with Crippen molar-refractivity contribution in [1.29, 1.82) is 0 Å². The zero-order valence-electron chi connectivity index (χ0n) is 11.7. The molecule has 0 amide bonds. The first-order chi connectivity index (χ1) is 8.73. The van der Waals surface area contributed by atoms with E-state index in [0.29, 0.717) is 17.0 Å². The normalized spacial score (nSPS) is 11.8.